The fourth-order valence-corrected chi connectivity index (χ4v) is 1.58. The highest BCUT2D eigenvalue weighted by molar-refractivity contribution is 5.85. The van der Waals surface area contributed by atoms with Crippen LogP contribution in [0.15, 0.2) is 24.3 Å². The topological polar surface area (TPSA) is 26.0 Å². The van der Waals surface area contributed by atoms with Crippen LogP contribution < -0.4 is 5.73 Å². The fourth-order valence-electron chi connectivity index (χ4n) is 1.58. The quantitative estimate of drug-likeness (QED) is 0.834. The van der Waals surface area contributed by atoms with E-state index in [9.17, 15) is 0 Å². The van der Waals surface area contributed by atoms with Crippen molar-refractivity contribution in [2.45, 2.75) is 39.7 Å². The summed E-state index contributed by atoms with van der Waals surface area (Å²) in [6.45, 7) is 6.52. The minimum Gasteiger partial charge on any atom is -0.324 e. The Morgan fingerprint density at radius 1 is 1.13 bits per heavy atom. The molecule has 1 unspecified atom stereocenters. The minimum absolute atomic E-state index is 0. The molecular weight excluding hydrogens is 206 g/mol. The number of benzene rings is 1. The summed E-state index contributed by atoms with van der Waals surface area (Å²) in [4.78, 5) is 0. The Labute approximate surface area is 99.5 Å². The molecular formula is C13H22ClN. The van der Waals surface area contributed by atoms with Crippen molar-refractivity contribution < 1.29 is 0 Å². The summed E-state index contributed by atoms with van der Waals surface area (Å²) in [5.41, 5.74) is 8.72. The maximum atomic E-state index is 6.06. The van der Waals surface area contributed by atoms with Crippen LogP contribution in [0.3, 0.4) is 0 Å². The highest BCUT2D eigenvalue weighted by Gasteiger charge is 2.09. The van der Waals surface area contributed by atoms with E-state index in [2.05, 4.69) is 45.0 Å². The number of nitrogens with two attached hydrogens (primary N) is 1. The molecule has 1 atom stereocenters. The van der Waals surface area contributed by atoms with Gasteiger partial charge in [0.1, 0.15) is 0 Å². The Morgan fingerprint density at radius 3 is 2.07 bits per heavy atom. The van der Waals surface area contributed by atoms with Gasteiger partial charge in [-0.25, -0.2) is 0 Å². The first-order valence-corrected chi connectivity index (χ1v) is 5.49. The fraction of sp³-hybridized carbons (Fsp3) is 0.538. The zero-order valence-corrected chi connectivity index (χ0v) is 10.7. The van der Waals surface area contributed by atoms with Gasteiger partial charge in [-0.2, -0.15) is 0 Å². The molecule has 1 nitrogen and oxygen atoms in total. The predicted molar refractivity (Wildman–Crippen MR) is 69.5 cm³/mol. The van der Waals surface area contributed by atoms with E-state index in [1.807, 2.05) is 0 Å². The van der Waals surface area contributed by atoms with Crippen LogP contribution in [0.5, 0.6) is 0 Å². The lowest BCUT2D eigenvalue weighted by Gasteiger charge is -2.16. The van der Waals surface area contributed by atoms with Gasteiger partial charge in [0.25, 0.3) is 0 Å². The van der Waals surface area contributed by atoms with Gasteiger partial charge < -0.3 is 5.73 Å². The lowest BCUT2D eigenvalue weighted by Crippen LogP contribution is -2.16. The van der Waals surface area contributed by atoms with Gasteiger partial charge in [0.15, 0.2) is 0 Å². The lowest BCUT2D eigenvalue weighted by atomic mass is 9.96. The molecule has 1 aromatic carbocycles. The molecule has 0 aliphatic rings. The number of rotatable bonds is 4. The van der Waals surface area contributed by atoms with Gasteiger partial charge in [-0.3, -0.25) is 0 Å². The first-order valence-electron chi connectivity index (χ1n) is 5.49. The van der Waals surface area contributed by atoms with Gasteiger partial charge in [0.05, 0.1) is 0 Å². The van der Waals surface area contributed by atoms with Crippen molar-refractivity contribution in [1.29, 1.82) is 0 Å². The molecule has 0 bridgehead atoms. The summed E-state index contributed by atoms with van der Waals surface area (Å²) in [6, 6.07) is 8.89. The molecule has 0 radical (unpaired) electrons. The van der Waals surface area contributed by atoms with Gasteiger partial charge in [0.2, 0.25) is 0 Å². The molecule has 0 aliphatic heterocycles. The second-order valence-corrected chi connectivity index (χ2v) is 4.26. The average Bonchev–Trinajstić information content (AvgIpc) is 2.18. The van der Waals surface area contributed by atoms with E-state index < -0.39 is 0 Å². The van der Waals surface area contributed by atoms with Crippen molar-refractivity contribution in [3.63, 3.8) is 0 Å². The smallest absolute Gasteiger partial charge is 0.0318 e. The Kier molecular flexibility index (Phi) is 6.62. The molecule has 0 aliphatic carbocycles. The van der Waals surface area contributed by atoms with E-state index >= 15 is 0 Å². The standard InChI is InChI=1S/C13H21N.ClH/c1-4-5-11-6-8-12(9-7-11)13(14)10(2)3;/h6-10,13H,4-5,14H2,1-3H3;1H. The van der Waals surface area contributed by atoms with Crippen LogP contribution in [-0.4, -0.2) is 0 Å². The molecule has 0 amide bonds. The average molecular weight is 228 g/mol. The maximum Gasteiger partial charge on any atom is 0.0318 e. The number of halogens is 1. The molecule has 15 heavy (non-hydrogen) atoms. The first kappa shape index (κ1) is 14.5. The Balaban J connectivity index is 0.00000196. The van der Waals surface area contributed by atoms with Crippen LogP contribution >= 0.6 is 12.4 Å². The molecule has 2 heteroatoms. The molecule has 0 aromatic heterocycles. The monoisotopic (exact) mass is 227 g/mol. The SMILES string of the molecule is CCCc1ccc(C(N)C(C)C)cc1.Cl. The van der Waals surface area contributed by atoms with Crippen LogP contribution in [0.25, 0.3) is 0 Å². The van der Waals surface area contributed by atoms with Gasteiger partial charge in [-0.05, 0) is 23.5 Å². The van der Waals surface area contributed by atoms with Gasteiger partial charge in [-0.1, -0.05) is 51.5 Å². The molecule has 1 rings (SSSR count). The molecule has 0 fully saturated rings. The number of aryl methyl sites for hydroxylation is 1. The molecule has 0 spiro atoms. The molecule has 1 aromatic rings. The second kappa shape index (κ2) is 6.86. The highest BCUT2D eigenvalue weighted by Crippen LogP contribution is 2.19. The summed E-state index contributed by atoms with van der Waals surface area (Å²) >= 11 is 0. The van der Waals surface area contributed by atoms with Crippen LogP contribution in [0.1, 0.15) is 44.4 Å². The van der Waals surface area contributed by atoms with Crippen LogP contribution in [0.2, 0.25) is 0 Å². The first-order chi connectivity index (χ1) is 6.65. The van der Waals surface area contributed by atoms with Crippen LogP contribution in [-0.2, 0) is 6.42 Å². The summed E-state index contributed by atoms with van der Waals surface area (Å²) in [6.07, 6.45) is 2.37. The molecule has 0 saturated heterocycles. The molecule has 86 valence electrons. The van der Waals surface area contributed by atoms with E-state index in [1.54, 1.807) is 0 Å². The van der Waals surface area contributed by atoms with Gasteiger partial charge in [-0.15, -0.1) is 12.4 Å². The summed E-state index contributed by atoms with van der Waals surface area (Å²) in [5, 5.41) is 0. The third kappa shape index (κ3) is 4.23. The van der Waals surface area contributed by atoms with E-state index in [0.717, 1.165) is 6.42 Å². The summed E-state index contributed by atoms with van der Waals surface area (Å²) in [7, 11) is 0. The normalized spacial score (nSPS) is 12.3. The van der Waals surface area contributed by atoms with E-state index in [1.165, 1.54) is 17.5 Å². The van der Waals surface area contributed by atoms with Gasteiger partial charge >= 0.3 is 0 Å². The van der Waals surface area contributed by atoms with E-state index in [-0.39, 0.29) is 18.4 Å². The third-order valence-electron chi connectivity index (χ3n) is 2.62. The van der Waals surface area contributed by atoms with Crippen molar-refractivity contribution in [3.8, 4) is 0 Å². The van der Waals surface area contributed by atoms with Crippen molar-refractivity contribution in [1.82, 2.24) is 0 Å². The zero-order valence-electron chi connectivity index (χ0n) is 9.86. The van der Waals surface area contributed by atoms with Crippen molar-refractivity contribution in [3.05, 3.63) is 35.4 Å². The maximum absolute atomic E-state index is 6.06. The molecule has 2 N–H and O–H groups in total. The Hall–Kier alpha value is -0.530. The van der Waals surface area contributed by atoms with Crippen LogP contribution in [0.4, 0.5) is 0 Å². The summed E-state index contributed by atoms with van der Waals surface area (Å²) in [5.74, 6) is 0.507. The van der Waals surface area contributed by atoms with Gasteiger partial charge in [0, 0.05) is 6.04 Å². The Bertz CT molecular complexity index is 266. The third-order valence-corrected chi connectivity index (χ3v) is 2.62. The predicted octanol–water partition coefficient (Wildman–Crippen LogP) is 3.72. The summed E-state index contributed by atoms with van der Waals surface area (Å²) < 4.78 is 0. The van der Waals surface area contributed by atoms with E-state index in [0.29, 0.717) is 5.92 Å². The molecule has 0 saturated carbocycles. The second-order valence-electron chi connectivity index (χ2n) is 4.26. The minimum atomic E-state index is 0. The number of hydrogen-bond acceptors (Lipinski definition) is 1. The number of hydrogen-bond donors (Lipinski definition) is 1. The lowest BCUT2D eigenvalue weighted by molar-refractivity contribution is 0.514. The van der Waals surface area contributed by atoms with Crippen LogP contribution in [0, 0.1) is 5.92 Å². The van der Waals surface area contributed by atoms with Crippen molar-refractivity contribution in [2.75, 3.05) is 0 Å². The van der Waals surface area contributed by atoms with Crippen molar-refractivity contribution >= 4 is 12.4 Å². The Morgan fingerprint density at radius 2 is 1.67 bits per heavy atom. The van der Waals surface area contributed by atoms with E-state index in [4.69, 9.17) is 5.73 Å². The van der Waals surface area contributed by atoms with Crippen molar-refractivity contribution in [2.24, 2.45) is 11.7 Å². The zero-order chi connectivity index (χ0) is 10.6. The largest absolute Gasteiger partial charge is 0.324 e. The highest BCUT2D eigenvalue weighted by atomic mass is 35.5. The molecule has 0 heterocycles.